The SMILES string of the molecule is COCOc1ccccc1-c1cc(-c2cccc(C(=O)N3CCC(NC(=O)O)CC3)c2)c(C#N)c(NC(=O)c2cccs2)n1. The fraction of sp³-hybridized carbons (Fsp3) is 0.219. The highest BCUT2D eigenvalue weighted by atomic mass is 32.1. The van der Waals surface area contributed by atoms with Crippen molar-refractivity contribution >= 4 is 35.1 Å². The van der Waals surface area contributed by atoms with Crippen molar-refractivity contribution in [3.05, 3.63) is 88.1 Å². The summed E-state index contributed by atoms with van der Waals surface area (Å²) in [5.41, 5.74) is 2.67. The van der Waals surface area contributed by atoms with E-state index in [2.05, 4.69) is 21.7 Å². The quantitative estimate of drug-likeness (QED) is 0.211. The number of nitrogens with zero attached hydrogens (tertiary/aromatic N) is 3. The molecule has 11 nitrogen and oxygen atoms in total. The first kappa shape index (κ1) is 30.2. The minimum Gasteiger partial charge on any atom is -0.467 e. The summed E-state index contributed by atoms with van der Waals surface area (Å²) < 4.78 is 10.9. The number of piperidine rings is 1. The van der Waals surface area contributed by atoms with Crippen LogP contribution in [0.3, 0.4) is 0 Å². The number of benzene rings is 2. The molecule has 1 fully saturated rings. The lowest BCUT2D eigenvalue weighted by Gasteiger charge is -2.32. The molecule has 2 aromatic heterocycles. The van der Waals surface area contributed by atoms with Crippen LogP contribution in [-0.2, 0) is 4.74 Å². The van der Waals surface area contributed by atoms with Crippen molar-refractivity contribution in [1.29, 1.82) is 5.26 Å². The van der Waals surface area contributed by atoms with Crippen LogP contribution >= 0.6 is 11.3 Å². The van der Waals surface area contributed by atoms with Crippen LogP contribution in [0.5, 0.6) is 5.75 Å². The second-order valence-corrected chi connectivity index (χ2v) is 10.9. The number of nitriles is 1. The van der Waals surface area contributed by atoms with Crippen molar-refractivity contribution in [2.24, 2.45) is 0 Å². The van der Waals surface area contributed by atoms with Crippen molar-refractivity contribution < 1.29 is 29.0 Å². The largest absolute Gasteiger partial charge is 0.467 e. The van der Waals surface area contributed by atoms with E-state index in [1.807, 2.05) is 18.2 Å². The molecule has 44 heavy (non-hydrogen) atoms. The summed E-state index contributed by atoms with van der Waals surface area (Å²) in [5, 5.41) is 26.4. The second kappa shape index (κ2) is 13.8. The third-order valence-corrected chi connectivity index (χ3v) is 8.00. The second-order valence-electron chi connectivity index (χ2n) is 9.97. The zero-order chi connectivity index (χ0) is 31.1. The number of rotatable bonds is 9. The number of pyridine rings is 1. The van der Waals surface area contributed by atoms with Crippen LogP contribution in [0, 0.1) is 11.3 Å². The average Bonchev–Trinajstić information content (AvgIpc) is 3.59. The number of methoxy groups -OCH3 is 1. The first-order valence-electron chi connectivity index (χ1n) is 13.8. The van der Waals surface area contributed by atoms with Gasteiger partial charge in [-0.25, -0.2) is 9.78 Å². The molecule has 4 aromatic rings. The number of anilines is 1. The maximum absolute atomic E-state index is 13.5. The molecule has 0 radical (unpaired) electrons. The number of ether oxygens (including phenoxy) is 2. The van der Waals surface area contributed by atoms with Crippen molar-refractivity contribution in [3.63, 3.8) is 0 Å². The van der Waals surface area contributed by atoms with Crippen molar-refractivity contribution in [3.8, 4) is 34.2 Å². The van der Waals surface area contributed by atoms with E-state index in [9.17, 15) is 19.6 Å². The van der Waals surface area contributed by atoms with Crippen LogP contribution in [0.25, 0.3) is 22.4 Å². The van der Waals surface area contributed by atoms with Gasteiger partial charge in [0.25, 0.3) is 11.8 Å². The molecule has 3 heterocycles. The molecular formula is C32H29N5O6S. The van der Waals surface area contributed by atoms with Gasteiger partial charge in [-0.1, -0.05) is 30.3 Å². The van der Waals surface area contributed by atoms with Crippen molar-refractivity contribution in [2.75, 3.05) is 32.3 Å². The Bertz CT molecular complexity index is 1710. The van der Waals surface area contributed by atoms with Gasteiger partial charge in [0.05, 0.1) is 10.6 Å². The van der Waals surface area contributed by atoms with E-state index in [1.54, 1.807) is 58.8 Å². The van der Waals surface area contributed by atoms with Gasteiger partial charge in [-0.05, 0) is 60.2 Å². The maximum atomic E-state index is 13.5. The van der Waals surface area contributed by atoms with Gasteiger partial charge in [-0.15, -0.1) is 11.3 Å². The molecule has 0 saturated carbocycles. The molecule has 12 heteroatoms. The maximum Gasteiger partial charge on any atom is 0.404 e. The molecule has 3 amide bonds. The monoisotopic (exact) mass is 611 g/mol. The highest BCUT2D eigenvalue weighted by Gasteiger charge is 2.25. The summed E-state index contributed by atoms with van der Waals surface area (Å²) in [7, 11) is 1.52. The normalized spacial score (nSPS) is 13.1. The number of para-hydroxylation sites is 1. The summed E-state index contributed by atoms with van der Waals surface area (Å²) in [5.74, 6) is -0.0267. The number of hydrogen-bond donors (Lipinski definition) is 3. The summed E-state index contributed by atoms with van der Waals surface area (Å²) in [6.07, 6.45) is -0.0460. The minimum atomic E-state index is -1.08. The van der Waals surface area contributed by atoms with E-state index in [-0.39, 0.29) is 30.1 Å². The lowest BCUT2D eigenvalue weighted by molar-refractivity contribution is 0.0515. The number of hydrogen-bond acceptors (Lipinski definition) is 8. The van der Waals surface area contributed by atoms with Gasteiger partial charge in [0.2, 0.25) is 0 Å². The number of carbonyl (C=O) groups is 3. The van der Waals surface area contributed by atoms with E-state index in [0.29, 0.717) is 64.5 Å². The smallest absolute Gasteiger partial charge is 0.404 e. The Kier molecular flexibility index (Phi) is 9.49. The fourth-order valence-corrected chi connectivity index (χ4v) is 5.64. The Morgan fingerprint density at radius 2 is 1.86 bits per heavy atom. The van der Waals surface area contributed by atoms with Crippen LogP contribution in [0.1, 0.15) is 38.4 Å². The van der Waals surface area contributed by atoms with E-state index >= 15 is 0 Å². The van der Waals surface area contributed by atoms with Crippen LogP contribution in [0.4, 0.5) is 10.6 Å². The number of likely N-dealkylation sites (tertiary alicyclic amines) is 1. The molecular weight excluding hydrogens is 582 g/mol. The lowest BCUT2D eigenvalue weighted by atomic mass is 9.96. The minimum absolute atomic E-state index is 0.00982. The Labute approximate surface area is 257 Å². The Balaban J connectivity index is 1.54. The van der Waals surface area contributed by atoms with E-state index in [1.165, 1.54) is 18.4 Å². The zero-order valence-electron chi connectivity index (χ0n) is 23.8. The van der Waals surface area contributed by atoms with Gasteiger partial charge in [-0.2, -0.15) is 5.26 Å². The van der Waals surface area contributed by atoms with Gasteiger partial charge < -0.3 is 30.1 Å². The first-order chi connectivity index (χ1) is 21.4. The van der Waals surface area contributed by atoms with E-state index < -0.39 is 12.0 Å². The van der Waals surface area contributed by atoms with Crippen LogP contribution in [0.15, 0.2) is 72.1 Å². The number of amides is 3. The molecule has 0 bridgehead atoms. The summed E-state index contributed by atoms with van der Waals surface area (Å²) >= 11 is 1.27. The number of carbonyl (C=O) groups excluding carboxylic acids is 2. The van der Waals surface area contributed by atoms with Gasteiger partial charge in [0, 0.05) is 42.9 Å². The third-order valence-electron chi connectivity index (χ3n) is 7.13. The Hall–Kier alpha value is -5.25. The molecule has 0 spiro atoms. The van der Waals surface area contributed by atoms with Gasteiger partial charge in [0.15, 0.2) is 12.6 Å². The predicted octanol–water partition coefficient (Wildman–Crippen LogP) is 5.46. The molecule has 1 aliphatic heterocycles. The van der Waals surface area contributed by atoms with Crippen molar-refractivity contribution in [1.82, 2.24) is 15.2 Å². The predicted molar refractivity (Wildman–Crippen MR) is 165 cm³/mol. The summed E-state index contributed by atoms with van der Waals surface area (Å²) in [4.78, 5) is 44.4. The molecule has 0 unspecified atom stereocenters. The van der Waals surface area contributed by atoms with Gasteiger partial charge in [-0.3, -0.25) is 9.59 Å². The lowest BCUT2D eigenvalue weighted by Crippen LogP contribution is -2.46. The molecule has 224 valence electrons. The zero-order valence-corrected chi connectivity index (χ0v) is 24.6. The topological polar surface area (TPSA) is 154 Å². The number of aromatic nitrogens is 1. The van der Waals surface area contributed by atoms with E-state index in [4.69, 9.17) is 14.6 Å². The fourth-order valence-electron chi connectivity index (χ4n) is 5.02. The van der Waals surface area contributed by atoms with E-state index in [0.717, 1.165) is 0 Å². The van der Waals surface area contributed by atoms with Crippen LogP contribution in [-0.4, -0.2) is 65.9 Å². The molecule has 0 aliphatic carbocycles. The molecule has 5 rings (SSSR count). The standard InChI is InChI=1S/C32H29N5O6S/c1-42-19-43-27-9-3-2-8-23(27)26-17-24(25(18-33)29(35-26)36-30(38)28-10-5-15-44-28)20-6-4-7-21(16-20)31(39)37-13-11-22(12-14-37)34-32(40)41/h2-10,15-17,22,34H,11-14,19H2,1H3,(H,40,41)(H,35,36,38). The molecule has 3 N–H and O–H groups in total. The molecule has 1 saturated heterocycles. The third kappa shape index (κ3) is 6.86. The highest BCUT2D eigenvalue weighted by molar-refractivity contribution is 7.12. The molecule has 1 aliphatic rings. The number of thiophene rings is 1. The summed E-state index contributed by atoms with van der Waals surface area (Å²) in [6.45, 7) is 0.831. The van der Waals surface area contributed by atoms with Gasteiger partial charge >= 0.3 is 6.09 Å². The molecule has 2 aromatic carbocycles. The van der Waals surface area contributed by atoms with Crippen LogP contribution < -0.4 is 15.4 Å². The summed E-state index contributed by atoms with van der Waals surface area (Å²) in [6, 6.07) is 21.3. The van der Waals surface area contributed by atoms with Gasteiger partial charge in [0.1, 0.15) is 17.4 Å². The Morgan fingerprint density at radius 1 is 1.07 bits per heavy atom. The Morgan fingerprint density at radius 3 is 2.57 bits per heavy atom. The highest BCUT2D eigenvalue weighted by Crippen LogP contribution is 2.36. The van der Waals surface area contributed by atoms with Crippen LogP contribution in [0.2, 0.25) is 0 Å². The average molecular weight is 612 g/mol. The number of nitrogens with one attached hydrogen (secondary N) is 2. The number of carboxylic acid groups (broad SMARTS) is 1. The first-order valence-corrected chi connectivity index (χ1v) is 14.7. The molecule has 0 atom stereocenters. The van der Waals surface area contributed by atoms with Crippen molar-refractivity contribution in [2.45, 2.75) is 18.9 Å².